The van der Waals surface area contributed by atoms with Crippen LogP contribution in [0.4, 0.5) is 13.2 Å². The van der Waals surface area contributed by atoms with Crippen molar-refractivity contribution in [2.75, 3.05) is 6.54 Å². The van der Waals surface area contributed by atoms with Crippen LogP contribution in [0.15, 0.2) is 54.7 Å². The molecule has 0 bridgehead atoms. The lowest BCUT2D eigenvalue weighted by atomic mass is 9.96. The first kappa shape index (κ1) is 19.2. The van der Waals surface area contributed by atoms with Crippen molar-refractivity contribution in [3.05, 3.63) is 71.4 Å². The van der Waals surface area contributed by atoms with E-state index < -0.39 is 11.7 Å². The Kier molecular flexibility index (Phi) is 5.23. The van der Waals surface area contributed by atoms with Gasteiger partial charge in [0.15, 0.2) is 0 Å². The first-order valence-corrected chi connectivity index (χ1v) is 8.53. The molecule has 0 saturated heterocycles. The average Bonchev–Trinajstić information content (AvgIpc) is 3.13. The van der Waals surface area contributed by atoms with E-state index in [-0.39, 0.29) is 5.91 Å². The zero-order valence-corrected chi connectivity index (χ0v) is 14.9. The molecule has 3 rings (SSSR count). The molecule has 2 N–H and O–H groups in total. The number of hydrogen-bond acceptors (Lipinski definition) is 2. The second kappa shape index (κ2) is 7.61. The number of nitrogens with zero attached hydrogens (tertiary/aromatic N) is 1. The Morgan fingerprint density at radius 3 is 2.46 bits per heavy atom. The molecule has 0 spiro atoms. The quantitative estimate of drug-likeness (QED) is 0.666. The monoisotopic (exact) mass is 383 g/mol. The minimum absolute atomic E-state index is 0.311. The number of amides is 1. The molecule has 28 heavy (non-hydrogen) atoms. The fourth-order valence-corrected chi connectivity index (χ4v) is 2.96. The Balaban J connectivity index is 2.16. The minimum atomic E-state index is -4.43. The third-order valence-electron chi connectivity index (χ3n) is 4.24. The second-order valence-corrected chi connectivity index (χ2v) is 6.08. The van der Waals surface area contributed by atoms with Crippen LogP contribution >= 0.6 is 0 Å². The first-order chi connectivity index (χ1) is 13.3. The van der Waals surface area contributed by atoms with E-state index in [4.69, 9.17) is 0 Å². The molecular weight excluding hydrogens is 367 g/mol. The van der Waals surface area contributed by atoms with Crippen LogP contribution in [0.3, 0.4) is 0 Å². The lowest BCUT2D eigenvalue weighted by Crippen LogP contribution is -2.22. The molecule has 3 aromatic rings. The topological polar surface area (TPSA) is 68.7 Å². The van der Waals surface area contributed by atoms with Gasteiger partial charge in [-0.25, -0.2) is 0 Å². The molecule has 0 aliphatic rings. The molecule has 0 radical (unpaired) electrons. The van der Waals surface area contributed by atoms with Crippen LogP contribution in [0.5, 0.6) is 0 Å². The summed E-state index contributed by atoms with van der Waals surface area (Å²) in [6.07, 6.45) is -2.91. The maximum absolute atomic E-state index is 12.9. The number of nitrogens with one attached hydrogen (secondary N) is 2. The molecule has 0 unspecified atom stereocenters. The third kappa shape index (κ3) is 3.76. The lowest BCUT2D eigenvalue weighted by molar-refractivity contribution is -0.137. The number of aromatic amines is 1. The van der Waals surface area contributed by atoms with E-state index in [9.17, 15) is 23.2 Å². The minimum Gasteiger partial charge on any atom is -0.360 e. The number of carbonyl (C=O) groups is 1. The van der Waals surface area contributed by atoms with Gasteiger partial charge in [-0.15, -0.1) is 0 Å². The van der Waals surface area contributed by atoms with E-state index in [2.05, 4.69) is 16.4 Å². The molecule has 0 aliphatic carbocycles. The molecule has 142 valence electrons. The Bertz CT molecular complexity index is 1040. The van der Waals surface area contributed by atoms with E-state index in [0.29, 0.717) is 40.1 Å². The number of halogens is 3. The highest BCUT2D eigenvalue weighted by molar-refractivity contribution is 6.04. The van der Waals surface area contributed by atoms with Gasteiger partial charge in [0.25, 0.3) is 5.91 Å². The largest absolute Gasteiger partial charge is 0.416 e. The van der Waals surface area contributed by atoms with Crippen LogP contribution in [0.2, 0.25) is 0 Å². The normalized spacial score (nSPS) is 11.1. The molecule has 0 aliphatic heterocycles. The molecule has 1 heterocycles. The maximum atomic E-state index is 12.9. The fraction of sp³-hybridized carbons (Fsp3) is 0.143. The smallest absolute Gasteiger partial charge is 0.360 e. The van der Waals surface area contributed by atoms with Gasteiger partial charge < -0.3 is 10.3 Å². The van der Waals surface area contributed by atoms with Crippen LogP contribution in [-0.4, -0.2) is 17.4 Å². The van der Waals surface area contributed by atoms with Crippen molar-refractivity contribution >= 4 is 5.91 Å². The summed E-state index contributed by atoms with van der Waals surface area (Å²) in [6, 6.07) is 13.5. The maximum Gasteiger partial charge on any atom is 0.416 e. The molecular formula is C21H16F3N3O. The lowest BCUT2D eigenvalue weighted by Gasteiger charge is -2.10. The summed E-state index contributed by atoms with van der Waals surface area (Å²) < 4.78 is 38.6. The van der Waals surface area contributed by atoms with Crippen LogP contribution in [0.25, 0.3) is 22.4 Å². The van der Waals surface area contributed by atoms with Crippen molar-refractivity contribution in [3.8, 4) is 28.5 Å². The first-order valence-electron chi connectivity index (χ1n) is 8.53. The van der Waals surface area contributed by atoms with Crippen LogP contribution in [-0.2, 0) is 6.18 Å². The van der Waals surface area contributed by atoms with Crippen molar-refractivity contribution in [2.45, 2.75) is 13.1 Å². The summed E-state index contributed by atoms with van der Waals surface area (Å²) >= 11 is 0. The van der Waals surface area contributed by atoms with Crippen molar-refractivity contribution < 1.29 is 18.0 Å². The number of carbonyl (C=O) groups excluding carboxylic acids is 1. The molecule has 1 aromatic heterocycles. The summed E-state index contributed by atoms with van der Waals surface area (Å²) in [7, 11) is 0. The van der Waals surface area contributed by atoms with Gasteiger partial charge in [-0.1, -0.05) is 24.3 Å². The van der Waals surface area contributed by atoms with E-state index in [1.807, 2.05) is 0 Å². The van der Waals surface area contributed by atoms with Gasteiger partial charge in [-0.05, 0) is 42.3 Å². The molecule has 0 fully saturated rings. The summed E-state index contributed by atoms with van der Waals surface area (Å²) in [4.78, 5) is 15.5. The molecule has 2 aromatic carbocycles. The van der Waals surface area contributed by atoms with Crippen LogP contribution < -0.4 is 5.32 Å². The number of rotatable bonds is 4. The predicted octanol–water partition coefficient (Wildman–Crippen LogP) is 4.99. The Hall–Kier alpha value is -3.53. The van der Waals surface area contributed by atoms with E-state index in [1.165, 1.54) is 18.3 Å². The van der Waals surface area contributed by atoms with Crippen LogP contribution in [0.1, 0.15) is 28.4 Å². The third-order valence-corrected chi connectivity index (χ3v) is 4.24. The van der Waals surface area contributed by atoms with E-state index in [0.717, 1.165) is 12.1 Å². The Morgan fingerprint density at radius 2 is 1.86 bits per heavy atom. The van der Waals surface area contributed by atoms with Gasteiger partial charge in [0.05, 0.1) is 28.5 Å². The number of aromatic nitrogens is 1. The highest BCUT2D eigenvalue weighted by Gasteiger charge is 2.30. The van der Waals surface area contributed by atoms with Crippen molar-refractivity contribution in [2.24, 2.45) is 0 Å². The van der Waals surface area contributed by atoms with Gasteiger partial charge >= 0.3 is 6.18 Å². The zero-order chi connectivity index (χ0) is 20.3. The molecule has 7 heteroatoms. The number of H-pyrrole nitrogens is 1. The summed E-state index contributed by atoms with van der Waals surface area (Å²) in [6.45, 7) is 2.22. The summed E-state index contributed by atoms with van der Waals surface area (Å²) in [5, 5.41) is 11.9. The van der Waals surface area contributed by atoms with E-state index >= 15 is 0 Å². The summed E-state index contributed by atoms with van der Waals surface area (Å²) in [5.41, 5.74) is 2.18. The molecule has 4 nitrogen and oxygen atoms in total. The van der Waals surface area contributed by atoms with E-state index in [1.54, 1.807) is 31.2 Å². The zero-order valence-electron chi connectivity index (χ0n) is 14.9. The van der Waals surface area contributed by atoms with Gasteiger partial charge in [0.2, 0.25) is 0 Å². The molecule has 0 saturated carbocycles. The van der Waals surface area contributed by atoms with Crippen LogP contribution in [0, 0.1) is 11.3 Å². The van der Waals surface area contributed by atoms with Gasteiger partial charge in [0.1, 0.15) is 0 Å². The highest BCUT2D eigenvalue weighted by atomic mass is 19.4. The fourth-order valence-electron chi connectivity index (χ4n) is 2.96. The van der Waals surface area contributed by atoms with Crippen molar-refractivity contribution in [3.63, 3.8) is 0 Å². The van der Waals surface area contributed by atoms with Gasteiger partial charge in [-0.2, -0.15) is 18.4 Å². The predicted molar refractivity (Wildman–Crippen MR) is 99.4 cm³/mol. The standard InChI is InChI=1S/C21H16F3N3O/c1-2-26-20(28)17-12-27-19(14-6-8-16(9-7-14)21(22,23)24)18(17)15-5-3-4-13(10-15)11-25/h3-10,12,27H,2H2,1H3,(H,26,28). The Labute approximate surface area is 159 Å². The second-order valence-electron chi connectivity index (χ2n) is 6.08. The van der Waals surface area contributed by atoms with Gasteiger partial charge in [-0.3, -0.25) is 4.79 Å². The van der Waals surface area contributed by atoms with Crippen molar-refractivity contribution in [1.29, 1.82) is 5.26 Å². The number of nitriles is 1. The van der Waals surface area contributed by atoms with Crippen molar-refractivity contribution in [1.82, 2.24) is 10.3 Å². The summed E-state index contributed by atoms with van der Waals surface area (Å²) in [5.74, 6) is -0.311. The Morgan fingerprint density at radius 1 is 1.14 bits per heavy atom. The number of benzene rings is 2. The highest BCUT2D eigenvalue weighted by Crippen LogP contribution is 2.36. The SMILES string of the molecule is CCNC(=O)c1c[nH]c(-c2ccc(C(F)(F)F)cc2)c1-c1cccc(C#N)c1. The molecule has 0 atom stereocenters. The molecule has 1 amide bonds. The van der Waals surface area contributed by atoms with Gasteiger partial charge in [0, 0.05) is 18.3 Å². The number of alkyl halides is 3. The average molecular weight is 383 g/mol. The number of hydrogen-bond donors (Lipinski definition) is 2.